The van der Waals surface area contributed by atoms with Crippen LogP contribution >= 0.6 is 0 Å². The molecule has 1 aromatic rings. The van der Waals surface area contributed by atoms with Gasteiger partial charge in [-0.2, -0.15) is 0 Å². The maximum absolute atomic E-state index is 13.2. The Bertz CT molecular complexity index is 410. The maximum Gasteiger partial charge on any atom is 0.248 e. The average molecular weight is 271 g/mol. The molecule has 1 aromatic carbocycles. The van der Waals surface area contributed by atoms with E-state index in [9.17, 15) is 13.2 Å². The maximum atomic E-state index is 13.2. The molecule has 0 radical (unpaired) electrons. The molecule has 1 unspecified atom stereocenters. The van der Waals surface area contributed by atoms with E-state index in [1.54, 1.807) is 6.07 Å². The van der Waals surface area contributed by atoms with Gasteiger partial charge in [0.25, 0.3) is 0 Å². The van der Waals surface area contributed by atoms with Gasteiger partial charge in [-0.1, -0.05) is 12.1 Å². The number of rotatable bonds is 4. The van der Waals surface area contributed by atoms with Gasteiger partial charge in [-0.25, -0.2) is 13.2 Å². The third kappa shape index (κ3) is 3.96. The van der Waals surface area contributed by atoms with E-state index in [2.05, 4.69) is 5.32 Å². The highest BCUT2D eigenvalue weighted by Gasteiger charge is 2.37. The van der Waals surface area contributed by atoms with Crippen LogP contribution in [0, 0.1) is 11.7 Å². The summed E-state index contributed by atoms with van der Waals surface area (Å²) in [7, 11) is 1.84. The van der Waals surface area contributed by atoms with Crippen molar-refractivity contribution in [3.05, 3.63) is 35.6 Å². The molecule has 1 aliphatic carbocycles. The average Bonchev–Trinajstić information content (AvgIpc) is 2.36. The number of likely N-dealkylation sites (N-methyl/N-ethyl adjacent to an activating group) is 1. The van der Waals surface area contributed by atoms with Crippen molar-refractivity contribution in [2.75, 3.05) is 7.05 Å². The molecule has 1 aliphatic rings. The van der Waals surface area contributed by atoms with Gasteiger partial charge in [0.2, 0.25) is 5.92 Å². The second kappa shape index (κ2) is 5.95. The van der Waals surface area contributed by atoms with Crippen LogP contribution in [0.25, 0.3) is 0 Å². The van der Waals surface area contributed by atoms with Crippen LogP contribution < -0.4 is 5.32 Å². The Labute approximate surface area is 112 Å². The molecule has 0 saturated heterocycles. The molecule has 1 N–H and O–H groups in total. The molecule has 0 spiro atoms. The Kier molecular flexibility index (Phi) is 4.50. The summed E-state index contributed by atoms with van der Waals surface area (Å²) < 4.78 is 39.5. The Hall–Kier alpha value is -1.03. The first kappa shape index (κ1) is 14.4. The number of nitrogens with one attached hydrogen (secondary N) is 1. The summed E-state index contributed by atoms with van der Waals surface area (Å²) in [4.78, 5) is 0. The molecule has 106 valence electrons. The largest absolute Gasteiger partial charge is 0.316 e. The SMILES string of the molecule is CNC(Cc1cccc(F)c1)C1CCC(F)(F)CC1. The van der Waals surface area contributed by atoms with Crippen LogP contribution in [-0.4, -0.2) is 19.0 Å². The lowest BCUT2D eigenvalue weighted by Crippen LogP contribution is -2.39. The van der Waals surface area contributed by atoms with Gasteiger partial charge in [0, 0.05) is 18.9 Å². The van der Waals surface area contributed by atoms with Crippen molar-refractivity contribution in [3.63, 3.8) is 0 Å². The molecule has 2 rings (SSSR count). The van der Waals surface area contributed by atoms with Gasteiger partial charge in [0.05, 0.1) is 0 Å². The Morgan fingerprint density at radius 1 is 1.32 bits per heavy atom. The molecule has 4 heteroatoms. The van der Waals surface area contributed by atoms with Gasteiger partial charge in [-0.15, -0.1) is 0 Å². The van der Waals surface area contributed by atoms with Gasteiger partial charge < -0.3 is 5.32 Å². The first-order chi connectivity index (χ1) is 9.00. The molecule has 1 fully saturated rings. The first-order valence-corrected chi connectivity index (χ1v) is 6.80. The minimum absolute atomic E-state index is 0.0288. The van der Waals surface area contributed by atoms with E-state index in [4.69, 9.17) is 0 Å². The zero-order valence-corrected chi connectivity index (χ0v) is 11.1. The number of hydrogen-bond donors (Lipinski definition) is 1. The zero-order valence-electron chi connectivity index (χ0n) is 11.1. The molecule has 0 aromatic heterocycles. The predicted molar refractivity (Wildman–Crippen MR) is 69.9 cm³/mol. The van der Waals surface area contributed by atoms with Crippen LogP contribution in [0.4, 0.5) is 13.2 Å². The summed E-state index contributed by atoms with van der Waals surface area (Å²) in [5, 5.41) is 3.20. The summed E-state index contributed by atoms with van der Waals surface area (Å²) >= 11 is 0. The molecule has 19 heavy (non-hydrogen) atoms. The third-order valence-corrected chi connectivity index (χ3v) is 4.05. The highest BCUT2D eigenvalue weighted by atomic mass is 19.3. The van der Waals surface area contributed by atoms with E-state index < -0.39 is 5.92 Å². The topological polar surface area (TPSA) is 12.0 Å². The number of hydrogen-bond acceptors (Lipinski definition) is 1. The molecule has 1 atom stereocenters. The number of halogens is 3. The highest BCUT2D eigenvalue weighted by molar-refractivity contribution is 5.17. The second-order valence-corrected chi connectivity index (χ2v) is 5.42. The lowest BCUT2D eigenvalue weighted by molar-refractivity contribution is -0.0492. The van der Waals surface area contributed by atoms with Crippen molar-refractivity contribution in [1.29, 1.82) is 0 Å². The predicted octanol–water partition coefficient (Wildman–Crippen LogP) is 3.78. The van der Waals surface area contributed by atoms with Crippen molar-refractivity contribution in [3.8, 4) is 0 Å². The molecular weight excluding hydrogens is 251 g/mol. The van der Waals surface area contributed by atoms with Crippen LogP contribution in [-0.2, 0) is 6.42 Å². The summed E-state index contributed by atoms with van der Waals surface area (Å²) in [5.41, 5.74) is 0.914. The zero-order chi connectivity index (χ0) is 13.9. The van der Waals surface area contributed by atoms with Gasteiger partial charge in [0.1, 0.15) is 5.82 Å². The molecule has 1 nitrogen and oxygen atoms in total. The van der Waals surface area contributed by atoms with Gasteiger partial charge >= 0.3 is 0 Å². The smallest absolute Gasteiger partial charge is 0.248 e. The number of alkyl halides is 2. The molecule has 0 amide bonds. The van der Waals surface area contributed by atoms with Crippen LogP contribution in [0.2, 0.25) is 0 Å². The van der Waals surface area contributed by atoms with Crippen molar-refractivity contribution >= 4 is 0 Å². The lowest BCUT2D eigenvalue weighted by atomic mass is 9.80. The molecule has 1 saturated carbocycles. The van der Waals surface area contributed by atoms with E-state index in [0.29, 0.717) is 19.3 Å². The monoisotopic (exact) mass is 271 g/mol. The van der Waals surface area contributed by atoms with E-state index in [-0.39, 0.29) is 30.6 Å². The lowest BCUT2D eigenvalue weighted by Gasteiger charge is -2.33. The Morgan fingerprint density at radius 2 is 2.00 bits per heavy atom. The van der Waals surface area contributed by atoms with Crippen molar-refractivity contribution < 1.29 is 13.2 Å². The summed E-state index contributed by atoms with van der Waals surface area (Å²) in [5.74, 6) is -2.50. The third-order valence-electron chi connectivity index (χ3n) is 4.05. The summed E-state index contributed by atoms with van der Waals surface area (Å²) in [6.07, 6.45) is 1.70. The van der Waals surface area contributed by atoms with E-state index in [0.717, 1.165) is 5.56 Å². The number of benzene rings is 1. The fourth-order valence-corrected chi connectivity index (χ4v) is 2.89. The highest BCUT2D eigenvalue weighted by Crippen LogP contribution is 2.37. The fraction of sp³-hybridized carbons (Fsp3) is 0.600. The van der Waals surface area contributed by atoms with Crippen LogP contribution in [0.1, 0.15) is 31.2 Å². The van der Waals surface area contributed by atoms with Gasteiger partial charge in [0.15, 0.2) is 0 Å². The minimum Gasteiger partial charge on any atom is -0.316 e. The quantitative estimate of drug-likeness (QED) is 0.878. The molecular formula is C15H20F3N. The molecule has 0 aliphatic heterocycles. The first-order valence-electron chi connectivity index (χ1n) is 6.80. The van der Waals surface area contributed by atoms with Crippen molar-refractivity contribution in [2.45, 2.75) is 44.1 Å². The van der Waals surface area contributed by atoms with E-state index >= 15 is 0 Å². The van der Waals surface area contributed by atoms with Gasteiger partial charge in [-0.3, -0.25) is 0 Å². The normalized spacial score (nSPS) is 21.3. The minimum atomic E-state index is -2.49. The van der Waals surface area contributed by atoms with E-state index in [1.807, 2.05) is 13.1 Å². The standard InChI is InChI=1S/C15H20F3N/c1-19-14(10-11-3-2-4-13(16)9-11)12-5-7-15(17,18)8-6-12/h2-4,9,12,14,19H,5-8,10H2,1H3. The van der Waals surface area contributed by atoms with Gasteiger partial charge in [-0.05, 0) is 49.9 Å². The molecule has 0 heterocycles. The van der Waals surface area contributed by atoms with Crippen molar-refractivity contribution in [2.24, 2.45) is 5.92 Å². The van der Waals surface area contributed by atoms with Crippen LogP contribution in [0.5, 0.6) is 0 Å². The van der Waals surface area contributed by atoms with E-state index in [1.165, 1.54) is 12.1 Å². The van der Waals surface area contributed by atoms with Crippen LogP contribution in [0.15, 0.2) is 24.3 Å². The summed E-state index contributed by atoms with van der Waals surface area (Å²) in [6, 6.07) is 6.64. The van der Waals surface area contributed by atoms with Crippen LogP contribution in [0.3, 0.4) is 0 Å². The summed E-state index contributed by atoms with van der Waals surface area (Å²) in [6.45, 7) is 0. The Morgan fingerprint density at radius 3 is 2.58 bits per heavy atom. The van der Waals surface area contributed by atoms with Crippen molar-refractivity contribution in [1.82, 2.24) is 5.32 Å². The fourth-order valence-electron chi connectivity index (χ4n) is 2.89. The molecule has 0 bridgehead atoms. The second-order valence-electron chi connectivity index (χ2n) is 5.42. The Balaban J connectivity index is 1.97.